The number of ether oxygens (including phenoxy) is 1. The summed E-state index contributed by atoms with van der Waals surface area (Å²) < 4.78 is 46.7. The summed E-state index contributed by atoms with van der Waals surface area (Å²) in [7, 11) is -2.36. The van der Waals surface area contributed by atoms with Crippen molar-refractivity contribution in [2.45, 2.75) is 24.2 Å². The summed E-state index contributed by atoms with van der Waals surface area (Å²) in [6.07, 6.45) is 2.63. The maximum absolute atomic E-state index is 13.5. The number of amides is 1. The van der Waals surface area contributed by atoms with E-state index in [0.29, 0.717) is 17.6 Å². The van der Waals surface area contributed by atoms with Gasteiger partial charge in [0.2, 0.25) is 10.0 Å². The number of carbonyl (C=O) groups excluding carboxylic acids is 1. The predicted molar refractivity (Wildman–Crippen MR) is 108 cm³/mol. The van der Waals surface area contributed by atoms with E-state index in [1.54, 1.807) is 6.07 Å². The van der Waals surface area contributed by atoms with Crippen molar-refractivity contribution in [2.24, 2.45) is 0 Å². The molecule has 1 aliphatic heterocycles. The average molecular weight is 471 g/mol. The minimum absolute atomic E-state index is 0.00452. The molecule has 0 aliphatic carbocycles. The number of sulfonamides is 1. The first-order chi connectivity index (χ1) is 13.3. The molecule has 0 aromatic heterocycles. The molecule has 1 fully saturated rings. The van der Waals surface area contributed by atoms with Gasteiger partial charge < -0.3 is 10.1 Å². The van der Waals surface area contributed by atoms with Gasteiger partial charge in [0.15, 0.2) is 0 Å². The van der Waals surface area contributed by atoms with Crippen molar-refractivity contribution < 1.29 is 22.3 Å². The average Bonchev–Trinajstić information content (AvgIpc) is 2.68. The van der Waals surface area contributed by atoms with Gasteiger partial charge in [-0.2, -0.15) is 4.31 Å². The molecule has 0 saturated carbocycles. The normalized spacial score (nSPS) is 15.2. The van der Waals surface area contributed by atoms with Crippen molar-refractivity contribution in [1.29, 1.82) is 0 Å². The lowest BCUT2D eigenvalue weighted by Gasteiger charge is -2.26. The van der Waals surface area contributed by atoms with E-state index in [1.807, 2.05) is 0 Å². The Kier molecular flexibility index (Phi) is 6.36. The summed E-state index contributed by atoms with van der Waals surface area (Å²) in [6, 6.07) is 8.24. The smallest absolute Gasteiger partial charge is 0.255 e. The number of rotatable bonds is 5. The number of benzene rings is 2. The number of halogens is 2. The van der Waals surface area contributed by atoms with E-state index in [1.165, 1.54) is 35.7 Å². The number of nitrogens with one attached hydrogen (secondary N) is 1. The van der Waals surface area contributed by atoms with Crippen LogP contribution in [0.1, 0.15) is 29.6 Å². The van der Waals surface area contributed by atoms with Gasteiger partial charge in [-0.25, -0.2) is 12.8 Å². The fourth-order valence-corrected chi connectivity index (χ4v) is 5.25. The zero-order valence-electron chi connectivity index (χ0n) is 15.2. The quantitative estimate of drug-likeness (QED) is 0.715. The van der Waals surface area contributed by atoms with E-state index in [0.717, 1.165) is 25.3 Å². The van der Waals surface area contributed by atoms with E-state index in [9.17, 15) is 17.6 Å². The predicted octanol–water partition coefficient (Wildman–Crippen LogP) is 4.02. The van der Waals surface area contributed by atoms with Crippen molar-refractivity contribution in [3.8, 4) is 5.75 Å². The number of carbonyl (C=O) groups is 1. The highest BCUT2D eigenvalue weighted by atomic mass is 79.9. The van der Waals surface area contributed by atoms with Gasteiger partial charge in [0.05, 0.1) is 7.11 Å². The molecule has 1 aliphatic rings. The maximum Gasteiger partial charge on any atom is 0.255 e. The van der Waals surface area contributed by atoms with Crippen LogP contribution < -0.4 is 10.1 Å². The Balaban J connectivity index is 1.91. The molecular formula is C19H20BrFN2O4S. The standard InChI is InChI=1S/C19H20BrFN2O4S/c1-27-17-6-5-16(22-19(24)13-9-14(20)11-15(21)10-13)12-18(17)28(25,26)23-7-3-2-4-8-23/h5-6,9-12H,2-4,7-8H2,1H3,(H,22,24). The molecule has 9 heteroatoms. The van der Waals surface area contributed by atoms with Crippen molar-refractivity contribution in [3.05, 3.63) is 52.3 Å². The van der Waals surface area contributed by atoms with E-state index < -0.39 is 21.7 Å². The number of hydrogen-bond donors (Lipinski definition) is 1. The van der Waals surface area contributed by atoms with Crippen LogP contribution in [0.4, 0.5) is 10.1 Å². The van der Waals surface area contributed by atoms with Gasteiger partial charge in [0.25, 0.3) is 5.91 Å². The molecule has 150 valence electrons. The molecule has 2 aromatic rings. The summed E-state index contributed by atoms with van der Waals surface area (Å²) in [4.78, 5) is 12.4. The minimum atomic E-state index is -3.75. The largest absolute Gasteiger partial charge is 0.495 e. The van der Waals surface area contributed by atoms with Gasteiger partial charge in [-0.15, -0.1) is 0 Å². The molecule has 2 aromatic carbocycles. The second-order valence-corrected chi connectivity index (χ2v) is 9.26. The lowest BCUT2D eigenvalue weighted by molar-refractivity contribution is 0.102. The van der Waals surface area contributed by atoms with Crippen molar-refractivity contribution in [2.75, 3.05) is 25.5 Å². The maximum atomic E-state index is 13.5. The Morgan fingerprint density at radius 1 is 1.14 bits per heavy atom. The lowest BCUT2D eigenvalue weighted by Crippen LogP contribution is -2.35. The van der Waals surface area contributed by atoms with Crippen LogP contribution in [0.25, 0.3) is 0 Å². The van der Waals surface area contributed by atoms with E-state index in [-0.39, 0.29) is 21.9 Å². The third-order valence-electron chi connectivity index (χ3n) is 4.48. The van der Waals surface area contributed by atoms with Crippen molar-refractivity contribution in [3.63, 3.8) is 0 Å². The molecule has 1 amide bonds. The highest BCUT2D eigenvalue weighted by molar-refractivity contribution is 9.10. The van der Waals surface area contributed by atoms with Gasteiger partial charge in [-0.05, 0) is 49.2 Å². The first kappa shape index (κ1) is 20.8. The van der Waals surface area contributed by atoms with Crippen LogP contribution in [0.5, 0.6) is 5.75 Å². The summed E-state index contributed by atoms with van der Waals surface area (Å²) in [5, 5.41) is 2.61. The number of nitrogens with zero attached hydrogens (tertiary/aromatic N) is 1. The van der Waals surface area contributed by atoms with Gasteiger partial charge in [0, 0.05) is 28.8 Å². The SMILES string of the molecule is COc1ccc(NC(=O)c2cc(F)cc(Br)c2)cc1S(=O)(=O)N1CCCCC1. The zero-order chi connectivity index (χ0) is 20.3. The second kappa shape index (κ2) is 8.59. The molecule has 0 radical (unpaired) electrons. The van der Waals surface area contributed by atoms with E-state index in [2.05, 4.69) is 21.2 Å². The van der Waals surface area contributed by atoms with Crippen LogP contribution in [0.3, 0.4) is 0 Å². The van der Waals surface area contributed by atoms with Gasteiger partial charge in [-0.1, -0.05) is 22.4 Å². The first-order valence-corrected chi connectivity index (χ1v) is 11.0. The second-order valence-electron chi connectivity index (χ2n) is 6.44. The fraction of sp³-hybridized carbons (Fsp3) is 0.316. The highest BCUT2D eigenvalue weighted by Crippen LogP contribution is 2.31. The molecule has 0 unspecified atom stereocenters. The van der Waals surface area contributed by atoms with Crippen LogP contribution in [0.15, 0.2) is 45.8 Å². The van der Waals surface area contributed by atoms with Crippen molar-refractivity contribution in [1.82, 2.24) is 4.31 Å². The molecule has 0 bridgehead atoms. The first-order valence-electron chi connectivity index (χ1n) is 8.77. The fourth-order valence-electron chi connectivity index (χ4n) is 3.09. The highest BCUT2D eigenvalue weighted by Gasteiger charge is 2.29. The molecule has 1 saturated heterocycles. The Labute approximate surface area is 171 Å². The number of hydrogen-bond acceptors (Lipinski definition) is 4. The summed E-state index contributed by atoms with van der Waals surface area (Å²) >= 11 is 3.15. The number of methoxy groups -OCH3 is 1. The summed E-state index contributed by atoms with van der Waals surface area (Å²) in [5.41, 5.74) is 0.393. The molecule has 1 heterocycles. The van der Waals surface area contributed by atoms with Crippen LogP contribution >= 0.6 is 15.9 Å². The topological polar surface area (TPSA) is 75.7 Å². The van der Waals surface area contributed by atoms with Gasteiger partial charge in [0.1, 0.15) is 16.5 Å². The van der Waals surface area contributed by atoms with Crippen LogP contribution in [-0.2, 0) is 10.0 Å². The van der Waals surface area contributed by atoms with Crippen LogP contribution in [-0.4, -0.2) is 38.8 Å². The molecular weight excluding hydrogens is 451 g/mol. The monoisotopic (exact) mass is 470 g/mol. The molecule has 6 nitrogen and oxygen atoms in total. The van der Waals surface area contributed by atoms with Gasteiger partial charge in [-0.3, -0.25) is 4.79 Å². The lowest BCUT2D eigenvalue weighted by atomic mass is 10.2. The number of anilines is 1. The Hall–Kier alpha value is -1.97. The minimum Gasteiger partial charge on any atom is -0.495 e. The molecule has 3 rings (SSSR count). The summed E-state index contributed by atoms with van der Waals surface area (Å²) in [5.74, 6) is -0.897. The Morgan fingerprint density at radius 2 is 1.86 bits per heavy atom. The third-order valence-corrected chi connectivity index (χ3v) is 6.86. The van der Waals surface area contributed by atoms with Crippen molar-refractivity contribution >= 4 is 37.5 Å². The Morgan fingerprint density at radius 3 is 2.50 bits per heavy atom. The van der Waals surface area contributed by atoms with Crippen LogP contribution in [0.2, 0.25) is 0 Å². The zero-order valence-corrected chi connectivity index (χ0v) is 17.6. The molecule has 28 heavy (non-hydrogen) atoms. The van der Waals surface area contributed by atoms with E-state index >= 15 is 0 Å². The van der Waals surface area contributed by atoms with E-state index in [4.69, 9.17) is 4.74 Å². The number of piperidine rings is 1. The molecule has 1 N–H and O–H groups in total. The van der Waals surface area contributed by atoms with Crippen LogP contribution in [0, 0.1) is 5.82 Å². The summed E-state index contributed by atoms with van der Waals surface area (Å²) in [6.45, 7) is 0.915. The van der Waals surface area contributed by atoms with Gasteiger partial charge >= 0.3 is 0 Å². The third kappa shape index (κ3) is 4.53. The molecule has 0 atom stereocenters. The molecule has 0 spiro atoms. The Bertz CT molecular complexity index is 971.